The number of hydrogen-bond donors (Lipinski definition) is 0. The monoisotopic (exact) mass is 431 g/mol. The van der Waals surface area contributed by atoms with E-state index < -0.39 is 0 Å². The first-order valence-corrected chi connectivity index (χ1v) is 14.5. The van der Waals surface area contributed by atoms with Gasteiger partial charge in [-0.1, -0.05) is 149 Å². The van der Waals surface area contributed by atoms with E-state index in [1.54, 1.807) is 0 Å². The van der Waals surface area contributed by atoms with E-state index in [-0.39, 0.29) is 0 Å². The lowest BCUT2D eigenvalue weighted by atomic mass is 9.52. The van der Waals surface area contributed by atoms with Gasteiger partial charge in [-0.25, -0.2) is 0 Å². The molecule has 0 aliphatic heterocycles. The summed E-state index contributed by atoms with van der Waals surface area (Å²) in [4.78, 5) is 0. The molecule has 30 heavy (non-hydrogen) atoms. The summed E-state index contributed by atoms with van der Waals surface area (Å²) in [5.41, 5.74) is 1.05. The van der Waals surface area contributed by atoms with Gasteiger partial charge in [0.25, 0.3) is 0 Å². The maximum atomic E-state index is 2.58. The summed E-state index contributed by atoms with van der Waals surface area (Å²) in [6, 6.07) is 0. The summed E-state index contributed by atoms with van der Waals surface area (Å²) in [6.07, 6.45) is 14.8. The van der Waals surface area contributed by atoms with Crippen molar-refractivity contribution < 1.29 is 0 Å². The molecule has 0 aromatic rings. The van der Waals surface area contributed by atoms with E-state index in [0.29, 0.717) is 10.8 Å². The van der Waals surface area contributed by atoms with Crippen molar-refractivity contribution in [1.29, 1.82) is 0 Å². The molecular weight excluding hydrogens is 360 g/mol. The van der Waals surface area contributed by atoms with Gasteiger partial charge in [-0.05, 0) is 48.3 Å². The lowest BCUT2D eigenvalue weighted by molar-refractivity contribution is -0.0378. The third-order valence-corrected chi connectivity index (χ3v) is 6.91. The van der Waals surface area contributed by atoms with Crippen molar-refractivity contribution >= 4 is 0 Å². The van der Waals surface area contributed by atoms with Crippen molar-refractivity contribution in [1.82, 2.24) is 0 Å². The van der Waals surface area contributed by atoms with E-state index in [9.17, 15) is 0 Å². The largest absolute Gasteiger partial charge is 0.0683 e. The Morgan fingerprint density at radius 3 is 0.667 bits per heavy atom. The van der Waals surface area contributed by atoms with Crippen LogP contribution in [0.3, 0.4) is 0 Å². The molecule has 0 aromatic heterocycles. The molecule has 2 aliphatic carbocycles. The van der Waals surface area contributed by atoms with Gasteiger partial charge in [0.2, 0.25) is 0 Å². The molecule has 0 heteroatoms. The molecule has 0 amide bonds. The highest BCUT2D eigenvalue weighted by atomic mass is 14.5. The van der Waals surface area contributed by atoms with Crippen LogP contribution in [0.25, 0.3) is 0 Å². The van der Waals surface area contributed by atoms with Crippen LogP contribution in [0.1, 0.15) is 175 Å². The minimum atomic E-state index is 0.523. The fourth-order valence-corrected chi connectivity index (χ4v) is 4.70. The first-order valence-electron chi connectivity index (χ1n) is 14.5. The summed E-state index contributed by atoms with van der Waals surface area (Å²) >= 11 is 0. The summed E-state index contributed by atoms with van der Waals surface area (Å²) in [5.74, 6) is 1.95. The fourth-order valence-electron chi connectivity index (χ4n) is 4.70. The number of rotatable bonds is 3. The predicted octanol–water partition coefficient (Wildman–Crippen LogP) is 12.4. The molecule has 0 atom stereocenters. The van der Waals surface area contributed by atoms with E-state index in [1.165, 1.54) is 64.2 Å². The lowest BCUT2D eigenvalue weighted by Crippen LogP contribution is -2.45. The molecule has 0 nitrogen and oxygen atoms in total. The molecule has 0 unspecified atom stereocenters. The van der Waals surface area contributed by atoms with Crippen molar-refractivity contribution in [2.75, 3.05) is 0 Å². The Kier molecular flexibility index (Phi) is 39.0. The Balaban J connectivity index is -0.000000150. The Bertz CT molecular complexity index is 221. The molecule has 2 saturated carbocycles. The maximum Gasteiger partial charge on any atom is -0.0272 e. The molecular formula is C30H70. The van der Waals surface area contributed by atoms with Crippen LogP contribution in [-0.4, -0.2) is 0 Å². The highest BCUT2D eigenvalue weighted by Gasteiger charge is 2.47. The van der Waals surface area contributed by atoms with Crippen molar-refractivity contribution in [2.45, 2.75) is 175 Å². The SMILES string of the molecule is CC.CC.CC.CC.CC.CC.CC(C)(C1CCCCC1)C(C)(C)C1CCCCC1. The van der Waals surface area contributed by atoms with Gasteiger partial charge in [-0.15, -0.1) is 0 Å². The minimum Gasteiger partial charge on any atom is -0.0683 e. The average Bonchev–Trinajstić information content (AvgIpc) is 2.87. The van der Waals surface area contributed by atoms with Gasteiger partial charge in [-0.3, -0.25) is 0 Å². The van der Waals surface area contributed by atoms with Gasteiger partial charge in [0.1, 0.15) is 0 Å². The summed E-state index contributed by atoms with van der Waals surface area (Å²) in [6.45, 7) is 34.3. The predicted molar refractivity (Wildman–Crippen MR) is 149 cm³/mol. The van der Waals surface area contributed by atoms with Crippen LogP contribution < -0.4 is 0 Å². The zero-order chi connectivity index (χ0) is 25.2. The lowest BCUT2D eigenvalue weighted by Gasteiger charge is -2.53. The van der Waals surface area contributed by atoms with Gasteiger partial charge < -0.3 is 0 Å². The van der Waals surface area contributed by atoms with Crippen LogP contribution in [0.15, 0.2) is 0 Å². The zero-order valence-electron chi connectivity index (χ0n) is 25.2. The topological polar surface area (TPSA) is 0 Å². The molecule has 0 N–H and O–H groups in total. The summed E-state index contributed by atoms with van der Waals surface area (Å²) in [5, 5.41) is 0. The van der Waals surface area contributed by atoms with Crippen LogP contribution in [0.2, 0.25) is 0 Å². The molecule has 0 aromatic carbocycles. The normalized spacial score (nSPS) is 16.4. The summed E-state index contributed by atoms with van der Waals surface area (Å²) < 4.78 is 0. The van der Waals surface area contributed by atoms with Gasteiger partial charge in [0, 0.05) is 0 Å². The Morgan fingerprint density at radius 1 is 0.333 bits per heavy atom. The van der Waals surface area contributed by atoms with Gasteiger partial charge in [0.15, 0.2) is 0 Å². The highest BCUT2D eigenvalue weighted by Crippen LogP contribution is 2.55. The third kappa shape index (κ3) is 14.9. The second kappa shape index (κ2) is 29.0. The fraction of sp³-hybridized carbons (Fsp3) is 1.00. The van der Waals surface area contributed by atoms with E-state index >= 15 is 0 Å². The van der Waals surface area contributed by atoms with Gasteiger partial charge in [0.05, 0.1) is 0 Å². The first-order chi connectivity index (χ1) is 14.5. The molecule has 0 bridgehead atoms. The second-order valence-corrected chi connectivity index (χ2v) is 8.11. The van der Waals surface area contributed by atoms with E-state index in [4.69, 9.17) is 0 Å². The van der Waals surface area contributed by atoms with E-state index in [2.05, 4.69) is 27.7 Å². The second-order valence-electron chi connectivity index (χ2n) is 8.11. The molecule has 0 heterocycles. The molecule has 0 radical (unpaired) electrons. The molecule has 2 aliphatic rings. The Morgan fingerprint density at radius 2 is 0.500 bits per heavy atom. The molecule has 0 spiro atoms. The average molecular weight is 431 g/mol. The highest BCUT2D eigenvalue weighted by molar-refractivity contribution is 4.96. The van der Waals surface area contributed by atoms with Crippen molar-refractivity contribution in [3.05, 3.63) is 0 Å². The van der Waals surface area contributed by atoms with Crippen molar-refractivity contribution in [2.24, 2.45) is 22.7 Å². The third-order valence-electron chi connectivity index (χ3n) is 6.91. The van der Waals surface area contributed by atoms with Crippen LogP contribution in [0.5, 0.6) is 0 Å². The smallest absolute Gasteiger partial charge is 0.0272 e. The van der Waals surface area contributed by atoms with Crippen LogP contribution in [0.4, 0.5) is 0 Å². The molecule has 190 valence electrons. The van der Waals surface area contributed by atoms with Crippen molar-refractivity contribution in [3.63, 3.8) is 0 Å². The quantitative estimate of drug-likeness (QED) is 0.417. The molecule has 2 rings (SSSR count). The van der Waals surface area contributed by atoms with Crippen LogP contribution in [-0.2, 0) is 0 Å². The Hall–Kier alpha value is 0. The van der Waals surface area contributed by atoms with Crippen LogP contribution >= 0.6 is 0 Å². The van der Waals surface area contributed by atoms with E-state index in [0.717, 1.165) is 11.8 Å². The minimum absolute atomic E-state index is 0.523. The number of hydrogen-bond acceptors (Lipinski definition) is 0. The summed E-state index contributed by atoms with van der Waals surface area (Å²) in [7, 11) is 0. The maximum absolute atomic E-state index is 2.58. The molecule has 2 fully saturated rings. The van der Waals surface area contributed by atoms with Gasteiger partial charge >= 0.3 is 0 Å². The van der Waals surface area contributed by atoms with Gasteiger partial charge in [-0.2, -0.15) is 0 Å². The van der Waals surface area contributed by atoms with E-state index in [1.807, 2.05) is 83.1 Å². The van der Waals surface area contributed by atoms with Crippen molar-refractivity contribution in [3.8, 4) is 0 Å². The standard InChI is InChI=1S/C18H34.6C2H6/c1-17(2,15-11-7-5-8-12-15)18(3,4)16-13-9-6-10-14-16;6*1-2/h15-16H,5-14H2,1-4H3;6*1-2H3. The Labute approximate surface area is 197 Å². The molecule has 0 saturated heterocycles. The van der Waals surface area contributed by atoms with Crippen LogP contribution in [0, 0.1) is 22.7 Å². The first kappa shape index (κ1) is 40.4. The zero-order valence-corrected chi connectivity index (χ0v) is 25.2.